The molecule has 1 aliphatic heterocycles. The highest BCUT2D eigenvalue weighted by Crippen LogP contribution is 2.45. The van der Waals surface area contributed by atoms with Gasteiger partial charge in [0.05, 0.1) is 12.2 Å². The smallest absolute Gasteiger partial charge is 0.0795 e. The third-order valence-electron chi connectivity index (χ3n) is 3.65. The van der Waals surface area contributed by atoms with Crippen LogP contribution in [0, 0.1) is 5.92 Å². The fourth-order valence-electron chi connectivity index (χ4n) is 3.09. The van der Waals surface area contributed by atoms with Crippen molar-refractivity contribution in [1.29, 1.82) is 0 Å². The minimum absolute atomic E-state index is 0.540. The highest BCUT2D eigenvalue weighted by Gasteiger charge is 2.41. The van der Waals surface area contributed by atoms with Gasteiger partial charge in [-0.05, 0) is 31.3 Å². The molecule has 0 bridgehead atoms. The summed E-state index contributed by atoms with van der Waals surface area (Å²) in [6.07, 6.45) is 11.7. The Balaban J connectivity index is 1.87. The average molecular weight is 164 g/mol. The van der Waals surface area contributed by atoms with Crippen LogP contribution in [0.1, 0.15) is 38.5 Å². The first-order valence-electron chi connectivity index (χ1n) is 5.30. The average Bonchev–Trinajstić information content (AvgIpc) is 2.62. The van der Waals surface area contributed by atoms with Crippen molar-refractivity contribution in [2.45, 2.75) is 50.7 Å². The van der Waals surface area contributed by atoms with Crippen molar-refractivity contribution >= 4 is 0 Å². The third kappa shape index (κ3) is 0.891. The van der Waals surface area contributed by atoms with Crippen molar-refractivity contribution in [3.8, 4) is 0 Å². The lowest BCUT2D eigenvalue weighted by Gasteiger charge is -2.24. The number of hydrogen-bond donors (Lipinski definition) is 0. The van der Waals surface area contributed by atoms with Crippen LogP contribution in [0.2, 0.25) is 0 Å². The number of ether oxygens (including phenoxy) is 1. The third-order valence-corrected chi connectivity index (χ3v) is 3.65. The quantitative estimate of drug-likeness (QED) is 0.500. The molecule has 1 nitrogen and oxygen atoms in total. The van der Waals surface area contributed by atoms with Crippen molar-refractivity contribution in [3.05, 3.63) is 11.6 Å². The molecule has 2 aliphatic carbocycles. The largest absolute Gasteiger partial charge is 0.370 e. The van der Waals surface area contributed by atoms with Crippen molar-refractivity contribution < 1.29 is 4.74 Å². The molecule has 0 amide bonds. The maximum atomic E-state index is 6.02. The van der Waals surface area contributed by atoms with Crippen LogP contribution in [-0.2, 0) is 4.74 Å². The Morgan fingerprint density at radius 3 is 3.08 bits per heavy atom. The molecular formula is C11H16O. The van der Waals surface area contributed by atoms with Gasteiger partial charge in [-0.3, -0.25) is 0 Å². The van der Waals surface area contributed by atoms with E-state index in [1.807, 2.05) is 0 Å². The zero-order valence-electron chi connectivity index (χ0n) is 7.46. The molecule has 0 N–H and O–H groups in total. The van der Waals surface area contributed by atoms with Crippen molar-refractivity contribution in [1.82, 2.24) is 0 Å². The second-order valence-electron chi connectivity index (χ2n) is 4.34. The summed E-state index contributed by atoms with van der Waals surface area (Å²) in [4.78, 5) is 0. The van der Waals surface area contributed by atoms with Gasteiger partial charge in [0.1, 0.15) is 0 Å². The van der Waals surface area contributed by atoms with Crippen LogP contribution in [0.4, 0.5) is 0 Å². The maximum absolute atomic E-state index is 6.02. The van der Waals surface area contributed by atoms with Gasteiger partial charge in [0.2, 0.25) is 0 Å². The standard InChI is InChI=1S/C11H16O/c1-2-6-10-8(4-1)9-5-3-7-11(9)12-10/h5,8,10-11H,1-4,6-7H2. The van der Waals surface area contributed by atoms with E-state index < -0.39 is 0 Å². The summed E-state index contributed by atoms with van der Waals surface area (Å²) >= 11 is 0. The Morgan fingerprint density at radius 2 is 2.08 bits per heavy atom. The molecule has 66 valence electrons. The van der Waals surface area contributed by atoms with E-state index in [0.29, 0.717) is 12.2 Å². The van der Waals surface area contributed by atoms with E-state index in [-0.39, 0.29) is 0 Å². The Morgan fingerprint density at radius 1 is 1.17 bits per heavy atom. The van der Waals surface area contributed by atoms with E-state index in [2.05, 4.69) is 6.08 Å². The summed E-state index contributed by atoms with van der Waals surface area (Å²) in [5.74, 6) is 0.825. The number of rotatable bonds is 0. The highest BCUT2D eigenvalue weighted by molar-refractivity contribution is 5.23. The predicted octanol–water partition coefficient (Wildman–Crippen LogP) is 2.66. The molecule has 2 fully saturated rings. The Bertz CT molecular complexity index is 219. The van der Waals surface area contributed by atoms with E-state index in [1.165, 1.54) is 38.5 Å². The molecule has 0 spiro atoms. The molecule has 1 saturated heterocycles. The summed E-state index contributed by atoms with van der Waals surface area (Å²) in [6, 6.07) is 0. The molecule has 0 radical (unpaired) electrons. The van der Waals surface area contributed by atoms with Gasteiger partial charge in [-0.25, -0.2) is 0 Å². The van der Waals surface area contributed by atoms with Gasteiger partial charge in [-0.15, -0.1) is 0 Å². The normalized spacial score (nSPS) is 45.3. The Labute approximate surface area is 73.8 Å². The molecule has 0 aromatic carbocycles. The maximum Gasteiger partial charge on any atom is 0.0795 e. The number of fused-ring (bicyclic) bond motifs is 3. The van der Waals surface area contributed by atoms with Crippen LogP contribution >= 0.6 is 0 Å². The van der Waals surface area contributed by atoms with Gasteiger partial charge in [0.25, 0.3) is 0 Å². The van der Waals surface area contributed by atoms with Crippen LogP contribution in [0.25, 0.3) is 0 Å². The fraction of sp³-hybridized carbons (Fsp3) is 0.818. The lowest BCUT2D eigenvalue weighted by Crippen LogP contribution is -2.21. The van der Waals surface area contributed by atoms with Crippen LogP contribution < -0.4 is 0 Å². The highest BCUT2D eigenvalue weighted by atomic mass is 16.5. The van der Waals surface area contributed by atoms with Crippen LogP contribution in [0.15, 0.2) is 11.6 Å². The zero-order chi connectivity index (χ0) is 7.97. The molecule has 3 rings (SSSR count). The summed E-state index contributed by atoms with van der Waals surface area (Å²) in [6.45, 7) is 0. The van der Waals surface area contributed by atoms with E-state index in [1.54, 1.807) is 5.57 Å². The van der Waals surface area contributed by atoms with E-state index in [4.69, 9.17) is 4.74 Å². The second-order valence-corrected chi connectivity index (χ2v) is 4.34. The zero-order valence-corrected chi connectivity index (χ0v) is 7.46. The lowest BCUT2D eigenvalue weighted by molar-refractivity contribution is 0.0194. The number of allylic oxidation sites excluding steroid dienone is 1. The monoisotopic (exact) mass is 164 g/mol. The van der Waals surface area contributed by atoms with Crippen LogP contribution in [0.5, 0.6) is 0 Å². The predicted molar refractivity (Wildman–Crippen MR) is 47.9 cm³/mol. The van der Waals surface area contributed by atoms with Crippen molar-refractivity contribution in [2.24, 2.45) is 5.92 Å². The van der Waals surface area contributed by atoms with E-state index in [0.717, 1.165) is 5.92 Å². The topological polar surface area (TPSA) is 9.23 Å². The number of hydrogen-bond acceptors (Lipinski definition) is 1. The molecule has 3 unspecified atom stereocenters. The molecule has 3 atom stereocenters. The van der Waals surface area contributed by atoms with E-state index >= 15 is 0 Å². The minimum atomic E-state index is 0.540. The van der Waals surface area contributed by atoms with Gasteiger partial charge in [-0.1, -0.05) is 18.9 Å². The Kier molecular flexibility index (Phi) is 1.54. The van der Waals surface area contributed by atoms with Crippen molar-refractivity contribution in [2.75, 3.05) is 0 Å². The first-order chi connectivity index (χ1) is 5.95. The van der Waals surface area contributed by atoms with Gasteiger partial charge in [0.15, 0.2) is 0 Å². The molecule has 3 aliphatic rings. The summed E-state index contributed by atoms with van der Waals surface area (Å²) in [5.41, 5.74) is 1.67. The molecule has 1 saturated carbocycles. The van der Waals surface area contributed by atoms with Gasteiger partial charge in [-0.2, -0.15) is 0 Å². The first kappa shape index (κ1) is 7.14. The Hall–Kier alpha value is -0.300. The molecule has 1 heterocycles. The van der Waals surface area contributed by atoms with Crippen LogP contribution in [0.3, 0.4) is 0 Å². The first-order valence-corrected chi connectivity index (χ1v) is 5.30. The van der Waals surface area contributed by atoms with Crippen molar-refractivity contribution in [3.63, 3.8) is 0 Å². The fourth-order valence-corrected chi connectivity index (χ4v) is 3.09. The molecule has 12 heavy (non-hydrogen) atoms. The van der Waals surface area contributed by atoms with Gasteiger partial charge >= 0.3 is 0 Å². The van der Waals surface area contributed by atoms with E-state index in [9.17, 15) is 0 Å². The molecule has 0 aromatic rings. The van der Waals surface area contributed by atoms with Gasteiger partial charge < -0.3 is 4.74 Å². The summed E-state index contributed by atoms with van der Waals surface area (Å²) < 4.78 is 6.02. The van der Waals surface area contributed by atoms with Gasteiger partial charge in [0, 0.05) is 5.92 Å². The lowest BCUT2D eigenvalue weighted by atomic mass is 9.83. The summed E-state index contributed by atoms with van der Waals surface area (Å²) in [7, 11) is 0. The summed E-state index contributed by atoms with van der Waals surface area (Å²) in [5, 5.41) is 0. The van der Waals surface area contributed by atoms with Crippen LogP contribution in [-0.4, -0.2) is 12.2 Å². The second kappa shape index (κ2) is 2.59. The molecule has 0 aromatic heterocycles. The minimum Gasteiger partial charge on any atom is -0.370 e. The molecular weight excluding hydrogens is 148 g/mol. The molecule has 1 heteroatoms. The SMILES string of the molecule is C1=C2C(CC1)OC1CCCCC21.